The highest BCUT2D eigenvalue weighted by atomic mass is 35.5. The summed E-state index contributed by atoms with van der Waals surface area (Å²) in [5.74, 6) is 0. The Bertz CT molecular complexity index is 1930. The van der Waals surface area contributed by atoms with Gasteiger partial charge in [-0.05, 0) is 70.0 Å². The highest BCUT2D eigenvalue weighted by Gasteiger charge is 2.37. The Kier molecular flexibility index (Phi) is 11.9. The summed E-state index contributed by atoms with van der Waals surface area (Å²) in [5, 5.41) is 27.6. The van der Waals surface area contributed by atoms with E-state index in [9.17, 15) is 15.0 Å². The number of carbonyl (C=O) groups excluding carboxylic acids is 1. The summed E-state index contributed by atoms with van der Waals surface area (Å²) in [6, 6.07) is 41.5. The number of benzene rings is 5. The van der Waals surface area contributed by atoms with E-state index in [4.69, 9.17) is 21.1 Å². The van der Waals surface area contributed by atoms with Gasteiger partial charge in [0.2, 0.25) is 0 Å². The second kappa shape index (κ2) is 17.1. The first-order chi connectivity index (χ1) is 25.8. The number of rotatable bonds is 11. The van der Waals surface area contributed by atoms with Crippen molar-refractivity contribution in [3.8, 4) is 11.1 Å². The summed E-state index contributed by atoms with van der Waals surface area (Å²) in [6.07, 6.45) is 1.12. The molecule has 9 heteroatoms. The molecule has 0 aliphatic carbocycles. The lowest BCUT2D eigenvalue weighted by Gasteiger charge is -2.42. The molecule has 2 aliphatic heterocycles. The van der Waals surface area contributed by atoms with Crippen LogP contribution in [0.25, 0.3) is 11.1 Å². The number of halogens is 1. The molecule has 0 radical (unpaired) electrons. The van der Waals surface area contributed by atoms with Gasteiger partial charge in [0.15, 0.2) is 6.29 Å². The van der Waals surface area contributed by atoms with E-state index in [0.29, 0.717) is 37.4 Å². The van der Waals surface area contributed by atoms with Crippen LogP contribution in [0.4, 0.5) is 4.79 Å². The lowest BCUT2D eigenvalue weighted by atomic mass is 9.84. The molecule has 0 spiro atoms. The van der Waals surface area contributed by atoms with Crippen LogP contribution >= 0.6 is 11.6 Å². The van der Waals surface area contributed by atoms with Crippen LogP contribution < -0.4 is 10.6 Å². The zero-order valence-corrected chi connectivity index (χ0v) is 30.4. The largest absolute Gasteiger partial charge is 0.392 e. The van der Waals surface area contributed by atoms with Crippen molar-refractivity contribution in [2.45, 2.75) is 63.1 Å². The second-order valence-corrected chi connectivity index (χ2v) is 14.5. The van der Waals surface area contributed by atoms with Crippen LogP contribution in [0.15, 0.2) is 127 Å². The Morgan fingerprint density at radius 2 is 1.40 bits per heavy atom. The van der Waals surface area contributed by atoms with Crippen LogP contribution in [-0.2, 0) is 34.8 Å². The Morgan fingerprint density at radius 3 is 2.09 bits per heavy atom. The van der Waals surface area contributed by atoms with E-state index >= 15 is 0 Å². The summed E-state index contributed by atoms with van der Waals surface area (Å²) in [5.41, 5.74) is 7.02. The van der Waals surface area contributed by atoms with Crippen LogP contribution in [-0.4, -0.2) is 46.9 Å². The summed E-state index contributed by atoms with van der Waals surface area (Å²) >= 11 is 6.10. The summed E-state index contributed by atoms with van der Waals surface area (Å²) in [4.78, 5) is 14.8. The van der Waals surface area contributed by atoms with Crippen LogP contribution in [0.2, 0.25) is 5.02 Å². The molecule has 4 N–H and O–H groups in total. The lowest BCUT2D eigenvalue weighted by Crippen LogP contribution is -2.46. The van der Waals surface area contributed by atoms with Crippen molar-refractivity contribution < 1.29 is 24.5 Å². The first kappa shape index (κ1) is 36.8. The minimum Gasteiger partial charge on any atom is -0.392 e. The summed E-state index contributed by atoms with van der Waals surface area (Å²) in [7, 11) is 0. The van der Waals surface area contributed by atoms with Crippen molar-refractivity contribution in [3.05, 3.63) is 166 Å². The van der Waals surface area contributed by atoms with Crippen LogP contribution in [0.5, 0.6) is 0 Å². The van der Waals surface area contributed by atoms with Crippen molar-refractivity contribution in [1.82, 2.24) is 15.5 Å². The minimum atomic E-state index is -0.869. The summed E-state index contributed by atoms with van der Waals surface area (Å²) in [6.45, 7) is 3.11. The third-order valence-electron chi connectivity index (χ3n) is 10.3. The molecule has 8 nitrogen and oxygen atoms in total. The topological polar surface area (TPSA) is 103 Å². The molecule has 2 heterocycles. The molecule has 2 saturated heterocycles. The fraction of sp³-hybridized carbons (Fsp3) is 0.295. The standard InChI is InChI=1S/C44H46ClN3O5/c45-39-19-17-38(18-20-39)44(51)21-23-48(24-22-44)29-40-26-41(35-11-9-32(30-49)10-12-35)53-42(52-40)36-15-13-34(14-16-36)37-8-4-7-33(25-37)28-47-43(50)46-27-31-5-2-1-3-6-31/h1-20,25,40-42,49,51H,21-24,26-30H2,(H2,46,47,50)/t40-,41+,42+/m1/s1. The Labute approximate surface area is 316 Å². The Morgan fingerprint density at radius 1 is 0.736 bits per heavy atom. The molecule has 3 atom stereocenters. The predicted molar refractivity (Wildman–Crippen MR) is 207 cm³/mol. The quantitative estimate of drug-likeness (QED) is 0.110. The fourth-order valence-corrected chi connectivity index (χ4v) is 7.32. The van der Waals surface area contributed by atoms with E-state index in [1.807, 2.05) is 91.0 Å². The number of nitrogens with one attached hydrogen (secondary N) is 2. The molecule has 2 aliphatic rings. The molecule has 0 unspecified atom stereocenters. The number of hydrogen-bond acceptors (Lipinski definition) is 6. The highest BCUT2D eigenvalue weighted by molar-refractivity contribution is 6.30. The number of aliphatic hydroxyl groups is 2. The Balaban J connectivity index is 1.00. The van der Waals surface area contributed by atoms with Gasteiger partial charge >= 0.3 is 6.03 Å². The first-order valence-electron chi connectivity index (χ1n) is 18.3. The average molecular weight is 732 g/mol. The van der Waals surface area contributed by atoms with E-state index < -0.39 is 11.9 Å². The van der Waals surface area contributed by atoms with Gasteiger partial charge in [0.25, 0.3) is 0 Å². The minimum absolute atomic E-state index is 0.00660. The third kappa shape index (κ3) is 9.53. The van der Waals surface area contributed by atoms with Crippen molar-refractivity contribution in [1.29, 1.82) is 0 Å². The molecular weight excluding hydrogens is 686 g/mol. The molecule has 2 amide bonds. The lowest BCUT2D eigenvalue weighted by molar-refractivity contribution is -0.253. The van der Waals surface area contributed by atoms with E-state index in [-0.39, 0.29) is 24.8 Å². The number of aliphatic hydroxyl groups excluding tert-OH is 1. The normalized spacial score (nSPS) is 20.1. The van der Waals surface area contributed by atoms with Gasteiger partial charge in [0.05, 0.1) is 24.4 Å². The predicted octanol–water partition coefficient (Wildman–Crippen LogP) is 8.03. The molecule has 5 aromatic rings. The maximum Gasteiger partial charge on any atom is 0.315 e. The number of nitrogens with zero attached hydrogens (tertiary/aromatic N) is 1. The van der Waals surface area contributed by atoms with Gasteiger partial charge in [0.1, 0.15) is 0 Å². The van der Waals surface area contributed by atoms with E-state index in [2.05, 4.69) is 51.9 Å². The van der Waals surface area contributed by atoms with E-state index in [1.54, 1.807) is 0 Å². The smallest absolute Gasteiger partial charge is 0.315 e. The molecule has 53 heavy (non-hydrogen) atoms. The number of urea groups is 1. The first-order valence-corrected chi connectivity index (χ1v) is 18.7. The fourth-order valence-electron chi connectivity index (χ4n) is 7.19. The molecule has 274 valence electrons. The van der Waals surface area contributed by atoms with Gasteiger partial charge in [-0.25, -0.2) is 4.79 Å². The monoisotopic (exact) mass is 731 g/mol. The molecule has 0 saturated carbocycles. The average Bonchev–Trinajstić information content (AvgIpc) is 3.21. The van der Waals surface area contributed by atoms with Crippen LogP contribution in [0, 0.1) is 0 Å². The number of hydrogen-bond donors (Lipinski definition) is 4. The molecule has 0 aromatic heterocycles. The molecule has 5 aromatic carbocycles. The van der Waals surface area contributed by atoms with Crippen LogP contribution in [0.1, 0.15) is 65.0 Å². The van der Waals surface area contributed by atoms with Gasteiger partial charge in [-0.15, -0.1) is 0 Å². The van der Waals surface area contributed by atoms with Gasteiger partial charge in [-0.3, -0.25) is 0 Å². The molecular formula is C44H46ClN3O5. The second-order valence-electron chi connectivity index (χ2n) is 14.0. The number of piperidine rings is 1. The molecule has 7 rings (SSSR count). The zero-order valence-electron chi connectivity index (χ0n) is 29.7. The molecule has 0 bridgehead atoms. The number of ether oxygens (including phenoxy) is 2. The van der Waals surface area contributed by atoms with Crippen LogP contribution in [0.3, 0.4) is 0 Å². The third-order valence-corrected chi connectivity index (χ3v) is 10.6. The van der Waals surface area contributed by atoms with Gasteiger partial charge in [-0.2, -0.15) is 0 Å². The maximum atomic E-state index is 12.4. The number of carbonyl (C=O) groups is 1. The SMILES string of the molecule is O=C(NCc1ccccc1)NCc1cccc(-c2ccc([C@H]3O[C@@H](CN4CCC(O)(c5ccc(Cl)cc5)CC4)C[C@@H](c4ccc(CO)cc4)O3)cc2)c1. The van der Waals surface area contributed by atoms with Gasteiger partial charge < -0.3 is 35.2 Å². The van der Waals surface area contributed by atoms with Gasteiger partial charge in [0, 0.05) is 49.7 Å². The maximum absolute atomic E-state index is 12.4. The number of likely N-dealkylation sites (tertiary alicyclic amines) is 1. The van der Waals surface area contributed by atoms with Crippen molar-refractivity contribution in [2.75, 3.05) is 19.6 Å². The van der Waals surface area contributed by atoms with Crippen molar-refractivity contribution in [3.63, 3.8) is 0 Å². The zero-order chi connectivity index (χ0) is 36.6. The van der Waals surface area contributed by atoms with Gasteiger partial charge in [-0.1, -0.05) is 121 Å². The Hall–Kier alpha value is -4.54. The van der Waals surface area contributed by atoms with E-state index in [0.717, 1.165) is 64.1 Å². The van der Waals surface area contributed by atoms with Crippen molar-refractivity contribution in [2.24, 2.45) is 0 Å². The molecule has 2 fully saturated rings. The van der Waals surface area contributed by atoms with E-state index in [1.165, 1.54) is 0 Å². The number of amides is 2. The highest BCUT2D eigenvalue weighted by Crippen LogP contribution is 2.40. The van der Waals surface area contributed by atoms with Crippen molar-refractivity contribution >= 4 is 17.6 Å². The summed E-state index contributed by atoms with van der Waals surface area (Å²) < 4.78 is 13.3.